The summed E-state index contributed by atoms with van der Waals surface area (Å²) < 4.78 is 5.44. The van der Waals surface area contributed by atoms with E-state index in [1.165, 1.54) is 24.8 Å². The quantitative estimate of drug-likeness (QED) is 0.867. The van der Waals surface area contributed by atoms with Crippen molar-refractivity contribution >= 4 is 11.6 Å². The number of benzene rings is 1. The van der Waals surface area contributed by atoms with E-state index in [4.69, 9.17) is 4.42 Å². The molecule has 1 N–H and O–H groups in total. The monoisotopic (exact) mass is 366 g/mol. The molecule has 0 unspecified atom stereocenters. The van der Waals surface area contributed by atoms with Crippen LogP contribution in [0.4, 0.5) is 5.69 Å². The van der Waals surface area contributed by atoms with Gasteiger partial charge < -0.3 is 9.73 Å². The predicted molar refractivity (Wildman–Crippen MR) is 105 cm³/mol. The summed E-state index contributed by atoms with van der Waals surface area (Å²) >= 11 is 0. The molecule has 1 amide bonds. The Bertz CT molecular complexity index is 893. The highest BCUT2D eigenvalue weighted by molar-refractivity contribution is 6.04. The average molecular weight is 366 g/mol. The highest BCUT2D eigenvalue weighted by Crippen LogP contribution is 2.36. The maximum Gasteiger partial charge on any atom is 0.349 e. The van der Waals surface area contributed by atoms with Gasteiger partial charge >= 0.3 is 5.63 Å². The van der Waals surface area contributed by atoms with Crippen LogP contribution < -0.4 is 10.9 Å². The van der Waals surface area contributed by atoms with E-state index in [1.54, 1.807) is 6.92 Å². The number of nitrogens with one attached hydrogen (secondary N) is 1. The lowest BCUT2D eigenvalue weighted by Gasteiger charge is -2.24. The van der Waals surface area contributed by atoms with E-state index < -0.39 is 11.5 Å². The van der Waals surface area contributed by atoms with Gasteiger partial charge in [-0.3, -0.25) is 9.69 Å². The van der Waals surface area contributed by atoms with E-state index in [0.29, 0.717) is 22.9 Å². The fourth-order valence-electron chi connectivity index (χ4n) is 3.94. The molecule has 1 aromatic carbocycles. The highest BCUT2D eigenvalue weighted by Gasteiger charge is 2.25. The van der Waals surface area contributed by atoms with Crippen LogP contribution in [0.1, 0.15) is 65.3 Å². The first-order valence-corrected chi connectivity index (χ1v) is 9.87. The minimum atomic E-state index is -0.539. The number of hydrogen-bond donors (Lipinski definition) is 1. The van der Waals surface area contributed by atoms with Crippen molar-refractivity contribution in [3.05, 3.63) is 63.2 Å². The van der Waals surface area contributed by atoms with Crippen LogP contribution in [0.25, 0.3) is 0 Å². The number of nitrogens with zero attached hydrogens (tertiary/aromatic N) is 1. The van der Waals surface area contributed by atoms with Crippen LogP contribution in [0.2, 0.25) is 0 Å². The molecule has 1 aromatic heterocycles. The number of carbonyl (C=O) groups excluding carboxylic acids is 1. The van der Waals surface area contributed by atoms with Crippen LogP contribution in [0.15, 0.2) is 39.5 Å². The Balaban J connectivity index is 1.49. The summed E-state index contributed by atoms with van der Waals surface area (Å²) in [6.45, 7) is 4.95. The van der Waals surface area contributed by atoms with Gasteiger partial charge in [0.1, 0.15) is 11.3 Å². The molecular weight excluding hydrogens is 340 g/mol. The van der Waals surface area contributed by atoms with E-state index in [1.807, 2.05) is 24.3 Å². The molecule has 1 saturated carbocycles. The Morgan fingerprint density at radius 2 is 1.96 bits per heavy atom. The number of likely N-dealkylation sites (tertiary alicyclic amines) is 1. The van der Waals surface area contributed by atoms with E-state index in [9.17, 15) is 9.59 Å². The van der Waals surface area contributed by atoms with Gasteiger partial charge in [-0.05, 0) is 75.0 Å². The molecule has 0 bridgehead atoms. The maximum absolute atomic E-state index is 12.7. The van der Waals surface area contributed by atoms with Crippen LogP contribution in [0.5, 0.6) is 0 Å². The molecule has 27 heavy (non-hydrogen) atoms. The standard InChI is InChI=1S/C22H26N2O3/c1-15-12-19(17-7-5-8-17)27-22(26)20(15)21(25)23-18-9-4-6-16(13-18)14-24-10-2-3-11-24/h4,6,9,12-13,17H,2-3,5,7-8,10-11,14H2,1H3,(H,23,25). The fraction of sp³-hybridized carbons (Fsp3) is 0.455. The van der Waals surface area contributed by atoms with Crippen LogP contribution in [0.3, 0.4) is 0 Å². The number of amides is 1. The zero-order valence-electron chi connectivity index (χ0n) is 15.8. The molecule has 5 heteroatoms. The van der Waals surface area contributed by atoms with Crippen molar-refractivity contribution in [2.45, 2.75) is 51.5 Å². The van der Waals surface area contributed by atoms with E-state index in [2.05, 4.69) is 16.3 Å². The average Bonchev–Trinajstić information content (AvgIpc) is 3.06. The Hall–Kier alpha value is -2.40. The second-order valence-corrected chi connectivity index (χ2v) is 7.76. The van der Waals surface area contributed by atoms with E-state index in [0.717, 1.165) is 32.5 Å². The molecule has 1 saturated heterocycles. The predicted octanol–water partition coefficient (Wildman–Crippen LogP) is 4.06. The Morgan fingerprint density at radius 1 is 1.19 bits per heavy atom. The molecule has 1 aliphatic heterocycles. The summed E-state index contributed by atoms with van der Waals surface area (Å²) in [6, 6.07) is 9.70. The summed E-state index contributed by atoms with van der Waals surface area (Å²) in [4.78, 5) is 27.5. The van der Waals surface area contributed by atoms with Crippen molar-refractivity contribution in [3.8, 4) is 0 Å². The maximum atomic E-state index is 12.7. The number of carbonyl (C=O) groups is 1. The Morgan fingerprint density at radius 3 is 2.63 bits per heavy atom. The smallest absolute Gasteiger partial charge is 0.349 e. The van der Waals surface area contributed by atoms with Gasteiger partial charge in [0.05, 0.1) is 0 Å². The number of anilines is 1. The molecule has 2 aromatic rings. The summed E-state index contributed by atoms with van der Waals surface area (Å²) in [7, 11) is 0. The van der Waals surface area contributed by atoms with Gasteiger partial charge in [-0.2, -0.15) is 0 Å². The third-order valence-corrected chi connectivity index (χ3v) is 5.69. The molecular formula is C22H26N2O3. The topological polar surface area (TPSA) is 62.6 Å². The van der Waals surface area contributed by atoms with Gasteiger partial charge in [0.25, 0.3) is 5.91 Å². The normalized spacial score (nSPS) is 17.7. The first-order chi connectivity index (χ1) is 13.1. The lowest BCUT2D eigenvalue weighted by atomic mass is 9.83. The first kappa shape index (κ1) is 18.0. The first-order valence-electron chi connectivity index (χ1n) is 9.87. The molecule has 5 nitrogen and oxygen atoms in total. The van der Waals surface area contributed by atoms with Crippen LogP contribution >= 0.6 is 0 Å². The van der Waals surface area contributed by atoms with Crippen molar-refractivity contribution in [1.29, 1.82) is 0 Å². The zero-order valence-corrected chi connectivity index (χ0v) is 15.8. The van der Waals surface area contributed by atoms with Gasteiger partial charge in [0.2, 0.25) is 0 Å². The van der Waals surface area contributed by atoms with Crippen molar-refractivity contribution in [2.75, 3.05) is 18.4 Å². The van der Waals surface area contributed by atoms with Crippen LogP contribution in [-0.4, -0.2) is 23.9 Å². The fourth-order valence-corrected chi connectivity index (χ4v) is 3.94. The molecule has 2 aliphatic rings. The Kier molecular flexibility index (Phi) is 5.12. The summed E-state index contributed by atoms with van der Waals surface area (Å²) in [5.41, 5.74) is 2.11. The lowest BCUT2D eigenvalue weighted by Crippen LogP contribution is -2.24. The SMILES string of the molecule is Cc1cc(C2CCC2)oc(=O)c1C(=O)Nc1cccc(CN2CCCC2)c1. The molecule has 0 spiro atoms. The zero-order chi connectivity index (χ0) is 18.8. The number of rotatable bonds is 5. The van der Waals surface area contributed by atoms with E-state index in [-0.39, 0.29) is 5.56 Å². The summed E-state index contributed by atoms with van der Waals surface area (Å²) in [5, 5.41) is 2.86. The summed E-state index contributed by atoms with van der Waals surface area (Å²) in [6.07, 6.45) is 5.78. The largest absolute Gasteiger partial charge is 0.427 e. The third-order valence-electron chi connectivity index (χ3n) is 5.69. The summed E-state index contributed by atoms with van der Waals surface area (Å²) in [5.74, 6) is 0.642. The van der Waals surface area contributed by atoms with Crippen molar-refractivity contribution in [1.82, 2.24) is 4.90 Å². The minimum absolute atomic E-state index is 0.100. The molecule has 2 fully saturated rings. The molecule has 0 radical (unpaired) electrons. The van der Waals surface area contributed by atoms with Gasteiger partial charge in [-0.1, -0.05) is 18.6 Å². The molecule has 4 rings (SSSR count). The highest BCUT2D eigenvalue weighted by atomic mass is 16.4. The third kappa shape index (κ3) is 3.98. The molecule has 2 heterocycles. The van der Waals surface area contributed by atoms with Crippen molar-refractivity contribution in [3.63, 3.8) is 0 Å². The lowest BCUT2D eigenvalue weighted by molar-refractivity contribution is 0.102. The second-order valence-electron chi connectivity index (χ2n) is 7.76. The van der Waals surface area contributed by atoms with Crippen LogP contribution in [0, 0.1) is 6.92 Å². The van der Waals surface area contributed by atoms with Crippen molar-refractivity contribution in [2.24, 2.45) is 0 Å². The van der Waals surface area contributed by atoms with Crippen molar-refractivity contribution < 1.29 is 9.21 Å². The number of hydrogen-bond acceptors (Lipinski definition) is 4. The van der Waals surface area contributed by atoms with Gasteiger partial charge in [-0.15, -0.1) is 0 Å². The Labute approximate surface area is 159 Å². The molecule has 1 aliphatic carbocycles. The van der Waals surface area contributed by atoms with Gasteiger partial charge in [-0.25, -0.2) is 4.79 Å². The van der Waals surface area contributed by atoms with Crippen LogP contribution in [-0.2, 0) is 6.54 Å². The number of aryl methyl sites for hydroxylation is 1. The molecule has 142 valence electrons. The molecule has 0 atom stereocenters. The van der Waals surface area contributed by atoms with Gasteiger partial charge in [0.15, 0.2) is 0 Å². The van der Waals surface area contributed by atoms with Gasteiger partial charge in [0, 0.05) is 18.2 Å². The van der Waals surface area contributed by atoms with E-state index >= 15 is 0 Å². The minimum Gasteiger partial charge on any atom is -0.427 e. The second kappa shape index (κ2) is 7.69.